The molecule has 3 nitrogen and oxygen atoms in total. The van der Waals surface area contributed by atoms with Crippen molar-refractivity contribution in [1.82, 2.24) is 9.61 Å². The molecule has 2 aromatic rings. The quantitative estimate of drug-likeness (QED) is 0.687. The zero-order valence-electron chi connectivity index (χ0n) is 9.53. The molecule has 0 radical (unpaired) electrons. The molecule has 0 atom stereocenters. The monoisotopic (exact) mass is 216 g/mol. The number of rotatable bonds is 0. The summed E-state index contributed by atoms with van der Waals surface area (Å²) in [6, 6.07) is 4.09. The molecule has 0 saturated heterocycles. The van der Waals surface area contributed by atoms with Gasteiger partial charge in [0.05, 0.1) is 11.2 Å². The summed E-state index contributed by atoms with van der Waals surface area (Å²) in [6.45, 7) is 1.95. The van der Waals surface area contributed by atoms with Crippen LogP contribution in [0.5, 0.6) is 5.88 Å². The lowest BCUT2D eigenvalue weighted by Crippen LogP contribution is -1.94. The van der Waals surface area contributed by atoms with Crippen molar-refractivity contribution in [3.63, 3.8) is 0 Å². The number of aromatic nitrogens is 2. The van der Waals surface area contributed by atoms with Gasteiger partial charge in [-0.1, -0.05) is 6.42 Å². The first kappa shape index (κ1) is 9.70. The van der Waals surface area contributed by atoms with Crippen LogP contribution in [0.1, 0.15) is 36.1 Å². The summed E-state index contributed by atoms with van der Waals surface area (Å²) in [5.41, 5.74) is 4.45. The van der Waals surface area contributed by atoms with Crippen LogP contribution < -0.4 is 0 Å². The molecule has 0 fully saturated rings. The maximum Gasteiger partial charge on any atom is 0.216 e. The molecule has 3 heteroatoms. The van der Waals surface area contributed by atoms with Crippen molar-refractivity contribution in [2.75, 3.05) is 0 Å². The van der Waals surface area contributed by atoms with Crippen LogP contribution in [-0.4, -0.2) is 14.7 Å². The number of hydrogen-bond donors (Lipinski definition) is 1. The fourth-order valence-electron chi connectivity index (χ4n) is 2.64. The molecule has 0 saturated carbocycles. The van der Waals surface area contributed by atoms with Crippen molar-refractivity contribution in [2.45, 2.75) is 39.0 Å². The molecule has 0 amide bonds. The van der Waals surface area contributed by atoms with Crippen LogP contribution in [0.4, 0.5) is 0 Å². The van der Waals surface area contributed by atoms with Gasteiger partial charge in [-0.05, 0) is 50.3 Å². The van der Waals surface area contributed by atoms with Crippen molar-refractivity contribution >= 4 is 5.52 Å². The number of nitrogens with zero attached hydrogens (tertiary/aromatic N) is 2. The van der Waals surface area contributed by atoms with Gasteiger partial charge < -0.3 is 5.11 Å². The zero-order valence-corrected chi connectivity index (χ0v) is 9.53. The minimum Gasteiger partial charge on any atom is -0.493 e. The summed E-state index contributed by atoms with van der Waals surface area (Å²) in [4.78, 5) is 0. The minimum absolute atomic E-state index is 0.357. The Balaban J connectivity index is 2.31. The van der Waals surface area contributed by atoms with Crippen LogP contribution in [0.15, 0.2) is 12.1 Å². The molecule has 0 aromatic carbocycles. The van der Waals surface area contributed by atoms with E-state index >= 15 is 0 Å². The normalized spacial score (nSPS) is 16.1. The van der Waals surface area contributed by atoms with E-state index in [1.54, 1.807) is 4.52 Å². The third-order valence-corrected chi connectivity index (χ3v) is 3.47. The van der Waals surface area contributed by atoms with Gasteiger partial charge in [-0.3, -0.25) is 0 Å². The van der Waals surface area contributed by atoms with Gasteiger partial charge in [0, 0.05) is 5.56 Å². The smallest absolute Gasteiger partial charge is 0.216 e. The van der Waals surface area contributed by atoms with E-state index in [9.17, 15) is 5.11 Å². The van der Waals surface area contributed by atoms with Crippen molar-refractivity contribution in [1.29, 1.82) is 0 Å². The summed E-state index contributed by atoms with van der Waals surface area (Å²) in [6.07, 6.45) is 5.73. The summed E-state index contributed by atoms with van der Waals surface area (Å²) >= 11 is 0. The van der Waals surface area contributed by atoms with E-state index in [4.69, 9.17) is 0 Å². The maximum atomic E-state index is 10.2. The Hall–Kier alpha value is -1.51. The lowest BCUT2D eigenvalue weighted by atomic mass is 10.1. The molecule has 2 heterocycles. The summed E-state index contributed by atoms with van der Waals surface area (Å²) < 4.78 is 1.70. The van der Waals surface area contributed by atoms with Crippen LogP contribution in [0.25, 0.3) is 5.52 Å². The highest BCUT2D eigenvalue weighted by atomic mass is 16.3. The first-order valence-corrected chi connectivity index (χ1v) is 5.96. The second kappa shape index (κ2) is 3.51. The van der Waals surface area contributed by atoms with Gasteiger partial charge in [0.2, 0.25) is 5.88 Å². The van der Waals surface area contributed by atoms with E-state index in [-0.39, 0.29) is 0 Å². The SMILES string of the molecule is Cc1ccc2c3c(c(O)n2n1)CCCCC3. The Labute approximate surface area is 94.7 Å². The lowest BCUT2D eigenvalue weighted by molar-refractivity contribution is 0.431. The molecule has 1 aliphatic rings. The Morgan fingerprint density at radius 1 is 1.12 bits per heavy atom. The fraction of sp³-hybridized carbons (Fsp3) is 0.462. The van der Waals surface area contributed by atoms with Crippen molar-refractivity contribution < 1.29 is 5.11 Å². The molecule has 84 valence electrons. The Morgan fingerprint density at radius 3 is 2.69 bits per heavy atom. The van der Waals surface area contributed by atoms with Crippen molar-refractivity contribution in [2.24, 2.45) is 0 Å². The van der Waals surface area contributed by atoms with Gasteiger partial charge >= 0.3 is 0 Å². The van der Waals surface area contributed by atoms with Gasteiger partial charge in [0.1, 0.15) is 0 Å². The molecule has 0 spiro atoms. The van der Waals surface area contributed by atoms with Crippen molar-refractivity contribution in [3.8, 4) is 5.88 Å². The first-order valence-electron chi connectivity index (χ1n) is 5.96. The second-order valence-electron chi connectivity index (χ2n) is 4.61. The number of aryl methyl sites for hydroxylation is 2. The fourth-order valence-corrected chi connectivity index (χ4v) is 2.64. The van der Waals surface area contributed by atoms with E-state index in [0.29, 0.717) is 5.88 Å². The van der Waals surface area contributed by atoms with E-state index in [1.807, 2.05) is 13.0 Å². The van der Waals surface area contributed by atoms with Gasteiger partial charge in [-0.2, -0.15) is 5.10 Å². The molecule has 3 rings (SSSR count). The molecule has 2 aromatic heterocycles. The Kier molecular flexibility index (Phi) is 2.13. The van der Waals surface area contributed by atoms with E-state index in [1.165, 1.54) is 24.8 Å². The summed E-state index contributed by atoms with van der Waals surface area (Å²) in [7, 11) is 0. The van der Waals surface area contributed by atoms with Crippen LogP contribution in [0.3, 0.4) is 0 Å². The van der Waals surface area contributed by atoms with Gasteiger partial charge in [-0.25, -0.2) is 4.52 Å². The molecule has 0 aliphatic heterocycles. The molecule has 1 N–H and O–H groups in total. The molecule has 0 unspecified atom stereocenters. The largest absolute Gasteiger partial charge is 0.493 e. The van der Waals surface area contributed by atoms with Gasteiger partial charge in [-0.15, -0.1) is 0 Å². The molecule has 1 aliphatic carbocycles. The van der Waals surface area contributed by atoms with Crippen LogP contribution in [0.2, 0.25) is 0 Å². The van der Waals surface area contributed by atoms with Crippen LogP contribution in [-0.2, 0) is 12.8 Å². The predicted molar refractivity (Wildman–Crippen MR) is 62.9 cm³/mol. The van der Waals surface area contributed by atoms with Crippen molar-refractivity contribution in [3.05, 3.63) is 29.0 Å². The average Bonchev–Trinajstić information content (AvgIpc) is 2.47. The standard InChI is InChI=1S/C13H16N2O/c1-9-7-8-12-10-5-3-2-4-6-11(10)13(16)15(12)14-9/h7-8,16H,2-6H2,1H3. The number of hydrogen-bond acceptors (Lipinski definition) is 2. The highest BCUT2D eigenvalue weighted by Crippen LogP contribution is 2.33. The van der Waals surface area contributed by atoms with E-state index in [2.05, 4.69) is 11.2 Å². The minimum atomic E-state index is 0.357. The lowest BCUT2D eigenvalue weighted by Gasteiger charge is -1.99. The average molecular weight is 216 g/mol. The molecular weight excluding hydrogens is 200 g/mol. The third-order valence-electron chi connectivity index (χ3n) is 3.47. The van der Waals surface area contributed by atoms with E-state index < -0.39 is 0 Å². The summed E-state index contributed by atoms with van der Waals surface area (Å²) in [5.74, 6) is 0.357. The predicted octanol–water partition coefficient (Wildman–Crippen LogP) is 2.62. The molecule has 16 heavy (non-hydrogen) atoms. The number of aromatic hydroxyl groups is 1. The first-order chi connectivity index (χ1) is 7.77. The van der Waals surface area contributed by atoms with Crippen LogP contribution >= 0.6 is 0 Å². The highest BCUT2D eigenvalue weighted by Gasteiger charge is 2.19. The zero-order chi connectivity index (χ0) is 11.1. The van der Waals surface area contributed by atoms with Gasteiger partial charge in [0.25, 0.3) is 0 Å². The Morgan fingerprint density at radius 2 is 1.88 bits per heavy atom. The van der Waals surface area contributed by atoms with Crippen LogP contribution in [0, 0.1) is 6.92 Å². The van der Waals surface area contributed by atoms with Gasteiger partial charge in [0.15, 0.2) is 0 Å². The second-order valence-corrected chi connectivity index (χ2v) is 4.61. The highest BCUT2D eigenvalue weighted by molar-refractivity contribution is 5.63. The summed E-state index contributed by atoms with van der Waals surface area (Å²) in [5, 5.41) is 14.6. The maximum absolute atomic E-state index is 10.2. The van der Waals surface area contributed by atoms with E-state index in [0.717, 1.165) is 29.6 Å². The topological polar surface area (TPSA) is 37.5 Å². The number of fused-ring (bicyclic) bond motifs is 3. The molecular formula is C13H16N2O. The third kappa shape index (κ3) is 1.31. The molecule has 0 bridgehead atoms. The Bertz CT molecular complexity index is 542.